The molecule has 0 aromatic heterocycles. The molecule has 1 amide bonds. The fourth-order valence-electron chi connectivity index (χ4n) is 3.25. The SMILES string of the molecule is CC(=O)C(C)Oc1ccc2c(c1)C(CN(C)C(C)=O)C(C)C2C. The summed E-state index contributed by atoms with van der Waals surface area (Å²) < 4.78 is 5.74. The molecular weight excluding hydrogens is 290 g/mol. The Bertz CT molecular complexity index is 611. The average Bonchev–Trinajstić information content (AvgIpc) is 2.71. The molecule has 4 unspecified atom stereocenters. The predicted molar refractivity (Wildman–Crippen MR) is 90.8 cm³/mol. The van der Waals surface area contributed by atoms with Gasteiger partial charge in [0, 0.05) is 26.4 Å². The van der Waals surface area contributed by atoms with Crippen molar-refractivity contribution in [2.75, 3.05) is 13.6 Å². The van der Waals surface area contributed by atoms with Crippen LogP contribution in [0.25, 0.3) is 0 Å². The molecule has 0 spiro atoms. The highest BCUT2D eigenvalue weighted by atomic mass is 16.5. The van der Waals surface area contributed by atoms with Gasteiger partial charge in [0.2, 0.25) is 5.91 Å². The molecule has 2 rings (SSSR count). The van der Waals surface area contributed by atoms with Crippen LogP contribution in [0.5, 0.6) is 5.75 Å². The Balaban J connectivity index is 2.29. The lowest BCUT2D eigenvalue weighted by Gasteiger charge is -2.25. The number of ether oxygens (including phenoxy) is 1. The van der Waals surface area contributed by atoms with Gasteiger partial charge in [-0.2, -0.15) is 0 Å². The number of carbonyl (C=O) groups excluding carboxylic acids is 2. The first kappa shape index (κ1) is 17.5. The molecule has 0 aliphatic heterocycles. The lowest BCUT2D eigenvalue weighted by molar-refractivity contribution is -0.128. The van der Waals surface area contributed by atoms with Crippen LogP contribution >= 0.6 is 0 Å². The molecule has 4 nitrogen and oxygen atoms in total. The summed E-state index contributed by atoms with van der Waals surface area (Å²) in [4.78, 5) is 24.8. The van der Waals surface area contributed by atoms with E-state index in [1.54, 1.807) is 18.7 Å². The van der Waals surface area contributed by atoms with Gasteiger partial charge in [0.05, 0.1) is 0 Å². The van der Waals surface area contributed by atoms with Gasteiger partial charge in [-0.05, 0) is 48.9 Å². The van der Waals surface area contributed by atoms with Crippen molar-refractivity contribution in [2.45, 2.75) is 52.6 Å². The molecule has 1 aliphatic rings. The highest BCUT2D eigenvalue weighted by molar-refractivity contribution is 5.80. The quantitative estimate of drug-likeness (QED) is 0.836. The number of benzene rings is 1. The summed E-state index contributed by atoms with van der Waals surface area (Å²) in [5.74, 6) is 2.03. The minimum Gasteiger partial charge on any atom is -0.483 e. The number of rotatable bonds is 5. The summed E-state index contributed by atoms with van der Waals surface area (Å²) in [7, 11) is 1.84. The first-order valence-corrected chi connectivity index (χ1v) is 8.25. The molecule has 0 N–H and O–H groups in total. The normalized spacial score (nSPS) is 24.0. The minimum absolute atomic E-state index is 0.0140. The number of carbonyl (C=O) groups is 2. The maximum absolute atomic E-state index is 11.6. The zero-order valence-corrected chi connectivity index (χ0v) is 14.9. The van der Waals surface area contributed by atoms with Crippen molar-refractivity contribution in [3.05, 3.63) is 29.3 Å². The fraction of sp³-hybridized carbons (Fsp3) is 0.579. The van der Waals surface area contributed by atoms with Gasteiger partial charge < -0.3 is 9.64 Å². The summed E-state index contributed by atoms with van der Waals surface area (Å²) in [6.07, 6.45) is -0.442. The van der Waals surface area contributed by atoms with Gasteiger partial charge in [-0.15, -0.1) is 0 Å². The molecule has 4 heteroatoms. The third-order valence-electron chi connectivity index (χ3n) is 5.27. The van der Waals surface area contributed by atoms with Crippen LogP contribution in [0.1, 0.15) is 57.6 Å². The van der Waals surface area contributed by atoms with Crippen LogP contribution in [-0.4, -0.2) is 36.3 Å². The first-order valence-electron chi connectivity index (χ1n) is 8.25. The molecule has 126 valence electrons. The number of hydrogen-bond acceptors (Lipinski definition) is 3. The van der Waals surface area contributed by atoms with Gasteiger partial charge in [0.1, 0.15) is 5.75 Å². The third-order valence-corrected chi connectivity index (χ3v) is 5.27. The van der Waals surface area contributed by atoms with E-state index in [1.807, 2.05) is 19.2 Å². The number of Topliss-reactive ketones (excluding diaryl/α,β-unsaturated/α-hetero) is 1. The van der Waals surface area contributed by atoms with Crippen molar-refractivity contribution in [1.29, 1.82) is 0 Å². The van der Waals surface area contributed by atoms with Crippen LogP contribution in [0.4, 0.5) is 0 Å². The molecule has 23 heavy (non-hydrogen) atoms. The standard InChI is InChI=1S/C19H27NO3/c1-11-12(2)19(10-20(6)15(5)22)18-9-16(7-8-17(11)18)23-14(4)13(3)21/h7-9,11-12,14,19H,10H2,1-6H3. The summed E-state index contributed by atoms with van der Waals surface area (Å²) in [5, 5.41) is 0. The number of likely N-dealkylation sites (N-methyl/N-ethyl adjacent to an activating group) is 1. The van der Waals surface area contributed by atoms with E-state index in [9.17, 15) is 9.59 Å². The maximum Gasteiger partial charge on any atom is 0.219 e. The number of nitrogens with zero attached hydrogens (tertiary/aromatic N) is 1. The van der Waals surface area contributed by atoms with E-state index in [2.05, 4.69) is 19.9 Å². The lowest BCUT2D eigenvalue weighted by Crippen LogP contribution is -2.30. The molecule has 1 aromatic rings. The summed E-state index contributed by atoms with van der Waals surface area (Å²) in [5.41, 5.74) is 2.56. The van der Waals surface area contributed by atoms with Crippen LogP contribution in [0.3, 0.4) is 0 Å². The Hall–Kier alpha value is -1.84. The minimum atomic E-state index is -0.442. The zero-order valence-electron chi connectivity index (χ0n) is 14.9. The molecule has 0 saturated heterocycles. The summed E-state index contributed by atoms with van der Waals surface area (Å²) in [6, 6.07) is 6.10. The Morgan fingerprint density at radius 1 is 1.22 bits per heavy atom. The van der Waals surface area contributed by atoms with Crippen molar-refractivity contribution < 1.29 is 14.3 Å². The molecule has 1 aliphatic carbocycles. The molecule has 0 bridgehead atoms. The highest BCUT2D eigenvalue weighted by Gasteiger charge is 2.36. The van der Waals surface area contributed by atoms with Crippen molar-refractivity contribution >= 4 is 11.7 Å². The van der Waals surface area contributed by atoms with Crippen LogP contribution in [0.2, 0.25) is 0 Å². The Morgan fingerprint density at radius 3 is 2.43 bits per heavy atom. The van der Waals surface area contributed by atoms with Gasteiger partial charge in [0.25, 0.3) is 0 Å². The number of fused-ring (bicyclic) bond motifs is 1. The average molecular weight is 317 g/mol. The molecule has 0 heterocycles. The molecular formula is C19H27NO3. The van der Waals surface area contributed by atoms with E-state index >= 15 is 0 Å². The van der Waals surface area contributed by atoms with E-state index < -0.39 is 6.10 Å². The monoisotopic (exact) mass is 317 g/mol. The number of amides is 1. The molecule has 1 aromatic carbocycles. The first-order chi connectivity index (χ1) is 10.7. The Labute approximate surface area is 138 Å². The van der Waals surface area contributed by atoms with Crippen LogP contribution < -0.4 is 4.74 Å². The van der Waals surface area contributed by atoms with Crippen LogP contribution in [0.15, 0.2) is 18.2 Å². The largest absolute Gasteiger partial charge is 0.483 e. The van der Waals surface area contributed by atoms with E-state index in [0.29, 0.717) is 24.3 Å². The Morgan fingerprint density at radius 2 is 1.87 bits per heavy atom. The van der Waals surface area contributed by atoms with E-state index in [0.717, 1.165) is 5.75 Å². The second kappa shape index (κ2) is 6.73. The van der Waals surface area contributed by atoms with Crippen molar-refractivity contribution in [1.82, 2.24) is 4.90 Å². The second-order valence-corrected chi connectivity index (χ2v) is 6.82. The van der Waals surface area contributed by atoms with Gasteiger partial charge in [-0.3, -0.25) is 9.59 Å². The fourth-order valence-corrected chi connectivity index (χ4v) is 3.25. The van der Waals surface area contributed by atoms with Crippen molar-refractivity contribution in [2.24, 2.45) is 5.92 Å². The number of hydrogen-bond donors (Lipinski definition) is 0. The lowest BCUT2D eigenvalue weighted by atomic mass is 9.89. The highest BCUT2D eigenvalue weighted by Crippen LogP contribution is 2.47. The Kier molecular flexibility index (Phi) is 5.12. The van der Waals surface area contributed by atoms with E-state index in [4.69, 9.17) is 4.74 Å². The van der Waals surface area contributed by atoms with Gasteiger partial charge in [-0.25, -0.2) is 0 Å². The maximum atomic E-state index is 11.6. The topological polar surface area (TPSA) is 46.6 Å². The molecule has 0 fully saturated rings. The molecule has 0 saturated carbocycles. The summed E-state index contributed by atoms with van der Waals surface area (Å²) >= 11 is 0. The number of ketones is 1. The van der Waals surface area contributed by atoms with Gasteiger partial charge in [0.15, 0.2) is 11.9 Å². The van der Waals surface area contributed by atoms with Crippen LogP contribution in [0, 0.1) is 5.92 Å². The molecule has 0 radical (unpaired) electrons. The molecule has 4 atom stereocenters. The zero-order chi connectivity index (χ0) is 17.3. The van der Waals surface area contributed by atoms with E-state index in [1.165, 1.54) is 18.1 Å². The second-order valence-electron chi connectivity index (χ2n) is 6.82. The van der Waals surface area contributed by atoms with E-state index in [-0.39, 0.29) is 11.7 Å². The summed E-state index contributed by atoms with van der Waals surface area (Å²) in [6.45, 7) is 10.1. The third kappa shape index (κ3) is 3.57. The predicted octanol–water partition coefficient (Wildman–Crippen LogP) is 3.36. The van der Waals surface area contributed by atoms with Crippen molar-refractivity contribution in [3.63, 3.8) is 0 Å². The van der Waals surface area contributed by atoms with Gasteiger partial charge >= 0.3 is 0 Å². The smallest absolute Gasteiger partial charge is 0.219 e. The van der Waals surface area contributed by atoms with Gasteiger partial charge in [-0.1, -0.05) is 19.9 Å². The van der Waals surface area contributed by atoms with Crippen LogP contribution in [-0.2, 0) is 9.59 Å². The van der Waals surface area contributed by atoms with Crippen molar-refractivity contribution in [3.8, 4) is 5.75 Å².